The summed E-state index contributed by atoms with van der Waals surface area (Å²) in [5, 5.41) is 11.9. The molecule has 0 saturated heterocycles. The topological polar surface area (TPSA) is 36.4 Å². The fourth-order valence-corrected chi connectivity index (χ4v) is 4.03. The molecule has 2 aromatic carbocycles. The first-order valence-electron chi connectivity index (χ1n) is 9.19. The highest BCUT2D eigenvalue weighted by Crippen LogP contribution is 2.46. The van der Waals surface area contributed by atoms with Crippen LogP contribution in [-0.2, 0) is 0 Å². The molecule has 3 aromatic rings. The Hall–Kier alpha value is -2.76. The lowest BCUT2D eigenvalue weighted by atomic mass is 9.86. The molecule has 29 heavy (non-hydrogen) atoms. The summed E-state index contributed by atoms with van der Waals surface area (Å²) in [6.07, 6.45) is 2.23. The van der Waals surface area contributed by atoms with Crippen molar-refractivity contribution >= 4 is 17.3 Å². The molecular weight excluding hydrogens is 394 g/mol. The zero-order valence-electron chi connectivity index (χ0n) is 15.7. The monoisotopic (exact) mass is 412 g/mol. The zero-order chi connectivity index (χ0) is 20.5. The fraction of sp³-hybridized carbons (Fsp3) is 0.174. The van der Waals surface area contributed by atoms with Crippen molar-refractivity contribution in [2.24, 2.45) is 0 Å². The first-order valence-corrected chi connectivity index (χ1v) is 9.57. The van der Waals surface area contributed by atoms with E-state index in [1.165, 1.54) is 12.1 Å². The SMILES string of the molecule is CN1CC(c2ccc(Cl)cc2)C(C(O)c2cccnc2)=C1c1ccc(F)cc1F. The first kappa shape index (κ1) is 19.6. The Balaban J connectivity index is 1.91. The summed E-state index contributed by atoms with van der Waals surface area (Å²) < 4.78 is 28.2. The highest BCUT2D eigenvalue weighted by Gasteiger charge is 2.36. The molecule has 0 saturated carbocycles. The fourth-order valence-electron chi connectivity index (χ4n) is 3.91. The molecule has 1 aliphatic heterocycles. The van der Waals surface area contributed by atoms with Crippen LogP contribution in [0.5, 0.6) is 0 Å². The van der Waals surface area contributed by atoms with E-state index in [1.807, 2.05) is 24.1 Å². The van der Waals surface area contributed by atoms with Crippen LogP contribution in [0.15, 0.2) is 72.6 Å². The van der Waals surface area contributed by atoms with Gasteiger partial charge in [0.05, 0.1) is 0 Å². The van der Waals surface area contributed by atoms with Crippen molar-refractivity contribution in [1.29, 1.82) is 0 Å². The van der Waals surface area contributed by atoms with Crippen LogP contribution in [-0.4, -0.2) is 28.6 Å². The van der Waals surface area contributed by atoms with Gasteiger partial charge < -0.3 is 10.0 Å². The van der Waals surface area contributed by atoms with Gasteiger partial charge in [0, 0.05) is 59.8 Å². The van der Waals surface area contributed by atoms with E-state index in [0.29, 0.717) is 28.4 Å². The van der Waals surface area contributed by atoms with Gasteiger partial charge in [-0.1, -0.05) is 29.8 Å². The number of benzene rings is 2. The van der Waals surface area contributed by atoms with Crippen LogP contribution in [0.3, 0.4) is 0 Å². The molecule has 2 atom stereocenters. The first-order chi connectivity index (χ1) is 14.0. The molecule has 2 unspecified atom stereocenters. The summed E-state index contributed by atoms with van der Waals surface area (Å²) in [5.41, 5.74) is 3.02. The van der Waals surface area contributed by atoms with Gasteiger partial charge in [0.15, 0.2) is 0 Å². The minimum Gasteiger partial charge on any atom is -0.384 e. The Morgan fingerprint density at radius 2 is 1.90 bits per heavy atom. The van der Waals surface area contributed by atoms with Crippen molar-refractivity contribution in [3.8, 4) is 0 Å². The third-order valence-corrected chi connectivity index (χ3v) is 5.49. The second-order valence-electron chi connectivity index (χ2n) is 7.10. The lowest BCUT2D eigenvalue weighted by Gasteiger charge is -2.21. The average molecular weight is 413 g/mol. The number of aliphatic hydroxyl groups is 1. The van der Waals surface area contributed by atoms with E-state index in [2.05, 4.69) is 4.98 Å². The molecule has 0 spiro atoms. The number of aliphatic hydroxyl groups excluding tert-OH is 1. The second-order valence-corrected chi connectivity index (χ2v) is 7.54. The van der Waals surface area contributed by atoms with E-state index >= 15 is 0 Å². The van der Waals surface area contributed by atoms with Crippen LogP contribution in [0.1, 0.15) is 28.7 Å². The summed E-state index contributed by atoms with van der Waals surface area (Å²) >= 11 is 6.04. The smallest absolute Gasteiger partial charge is 0.135 e. The Kier molecular flexibility index (Phi) is 5.35. The molecular formula is C23H19ClF2N2O. The third-order valence-electron chi connectivity index (χ3n) is 5.24. The van der Waals surface area contributed by atoms with Crippen molar-refractivity contribution in [3.63, 3.8) is 0 Å². The summed E-state index contributed by atoms with van der Waals surface area (Å²) in [5.74, 6) is -1.50. The number of aromatic nitrogens is 1. The highest BCUT2D eigenvalue weighted by atomic mass is 35.5. The molecule has 0 aliphatic carbocycles. The molecule has 1 N–H and O–H groups in total. The summed E-state index contributed by atoms with van der Waals surface area (Å²) in [7, 11) is 1.84. The zero-order valence-corrected chi connectivity index (χ0v) is 16.4. The molecule has 0 bridgehead atoms. The van der Waals surface area contributed by atoms with E-state index in [0.717, 1.165) is 11.6 Å². The van der Waals surface area contributed by atoms with Crippen LogP contribution in [0.4, 0.5) is 8.78 Å². The molecule has 6 heteroatoms. The van der Waals surface area contributed by atoms with E-state index in [9.17, 15) is 13.9 Å². The maximum atomic E-state index is 14.7. The number of hydrogen-bond acceptors (Lipinski definition) is 3. The number of rotatable bonds is 4. The van der Waals surface area contributed by atoms with Crippen molar-refractivity contribution in [2.45, 2.75) is 12.0 Å². The van der Waals surface area contributed by atoms with E-state index in [-0.39, 0.29) is 11.5 Å². The maximum absolute atomic E-state index is 14.7. The molecule has 4 rings (SSSR count). The Morgan fingerprint density at radius 1 is 1.14 bits per heavy atom. The number of likely N-dealkylation sites (N-methyl/N-ethyl adjacent to an activating group) is 1. The van der Waals surface area contributed by atoms with Crippen LogP contribution in [0.2, 0.25) is 5.02 Å². The minimum atomic E-state index is -0.992. The summed E-state index contributed by atoms with van der Waals surface area (Å²) in [4.78, 5) is 5.99. The molecule has 1 aliphatic rings. The van der Waals surface area contributed by atoms with Gasteiger partial charge in [-0.15, -0.1) is 0 Å². The molecule has 148 valence electrons. The van der Waals surface area contributed by atoms with Crippen molar-refractivity contribution in [2.75, 3.05) is 13.6 Å². The largest absolute Gasteiger partial charge is 0.384 e. The summed E-state index contributed by atoms with van der Waals surface area (Å²) in [6, 6.07) is 14.4. The standard InChI is InChI=1S/C23H19ClF2N2O/c1-28-13-19(14-4-6-16(24)7-5-14)21(23(29)15-3-2-10-27-12-15)22(28)18-9-8-17(25)11-20(18)26/h2-12,19,23,29H,13H2,1H3. The van der Waals surface area contributed by atoms with Gasteiger partial charge in [-0.25, -0.2) is 8.78 Å². The van der Waals surface area contributed by atoms with Gasteiger partial charge in [0.2, 0.25) is 0 Å². The predicted octanol–water partition coefficient (Wildman–Crippen LogP) is 5.19. The van der Waals surface area contributed by atoms with Gasteiger partial charge in [0.25, 0.3) is 0 Å². The summed E-state index contributed by atoms with van der Waals surface area (Å²) in [6.45, 7) is 0.542. The van der Waals surface area contributed by atoms with Crippen LogP contribution in [0, 0.1) is 11.6 Å². The van der Waals surface area contributed by atoms with Gasteiger partial charge in [0.1, 0.15) is 17.7 Å². The van der Waals surface area contributed by atoms with Crippen molar-refractivity contribution < 1.29 is 13.9 Å². The average Bonchev–Trinajstić information content (AvgIpc) is 3.05. The van der Waals surface area contributed by atoms with Crippen LogP contribution >= 0.6 is 11.6 Å². The van der Waals surface area contributed by atoms with Crippen molar-refractivity contribution in [3.05, 3.63) is 106 Å². The molecule has 0 fully saturated rings. The van der Waals surface area contributed by atoms with Gasteiger partial charge in [-0.3, -0.25) is 4.98 Å². The third kappa shape index (κ3) is 3.76. The predicted molar refractivity (Wildman–Crippen MR) is 109 cm³/mol. The second kappa shape index (κ2) is 7.93. The molecule has 2 heterocycles. The highest BCUT2D eigenvalue weighted by molar-refractivity contribution is 6.30. The lowest BCUT2D eigenvalue weighted by molar-refractivity contribution is 0.210. The van der Waals surface area contributed by atoms with Gasteiger partial charge in [-0.05, 0) is 41.5 Å². The lowest BCUT2D eigenvalue weighted by Crippen LogP contribution is -2.16. The molecule has 0 amide bonds. The molecule has 3 nitrogen and oxygen atoms in total. The van der Waals surface area contributed by atoms with Gasteiger partial charge >= 0.3 is 0 Å². The van der Waals surface area contributed by atoms with Crippen LogP contribution < -0.4 is 0 Å². The van der Waals surface area contributed by atoms with E-state index in [4.69, 9.17) is 11.6 Å². The number of hydrogen-bond donors (Lipinski definition) is 1. The van der Waals surface area contributed by atoms with Crippen molar-refractivity contribution in [1.82, 2.24) is 9.88 Å². The minimum absolute atomic E-state index is 0.188. The Bertz CT molecular complexity index is 1050. The number of halogens is 3. The van der Waals surface area contributed by atoms with Gasteiger partial charge in [-0.2, -0.15) is 0 Å². The van der Waals surface area contributed by atoms with E-state index in [1.54, 1.807) is 36.7 Å². The number of pyridine rings is 1. The molecule has 1 aromatic heterocycles. The quantitative estimate of drug-likeness (QED) is 0.640. The maximum Gasteiger partial charge on any atom is 0.135 e. The molecule has 0 radical (unpaired) electrons. The Labute approximate surface area is 172 Å². The number of nitrogens with zero attached hydrogens (tertiary/aromatic N) is 2. The Morgan fingerprint density at radius 3 is 2.55 bits per heavy atom. The van der Waals surface area contributed by atoms with E-state index < -0.39 is 17.7 Å². The normalized spacial score (nSPS) is 17.7. The van der Waals surface area contributed by atoms with Crippen LogP contribution in [0.25, 0.3) is 5.70 Å².